The molecule has 0 aliphatic heterocycles. The number of aryl methyl sites for hydroxylation is 2. The fourth-order valence-electron chi connectivity index (χ4n) is 4.56. The molecule has 0 bridgehead atoms. The van der Waals surface area contributed by atoms with Crippen molar-refractivity contribution in [2.45, 2.75) is 26.9 Å². The predicted molar refractivity (Wildman–Crippen MR) is 133 cm³/mol. The number of carbonyl (C=O) groups is 1. The molecule has 2 heterocycles. The van der Waals surface area contributed by atoms with E-state index in [-0.39, 0.29) is 18.1 Å². The number of benzene rings is 3. The van der Waals surface area contributed by atoms with Gasteiger partial charge in [0.25, 0.3) is 11.5 Å². The van der Waals surface area contributed by atoms with E-state index in [0.717, 1.165) is 33.7 Å². The van der Waals surface area contributed by atoms with Crippen molar-refractivity contribution in [3.05, 3.63) is 83.2 Å². The Hall–Kier alpha value is -4.06. The van der Waals surface area contributed by atoms with E-state index < -0.39 is 0 Å². The van der Waals surface area contributed by atoms with Crippen molar-refractivity contribution in [2.75, 3.05) is 11.9 Å². The summed E-state index contributed by atoms with van der Waals surface area (Å²) in [6.45, 7) is 5.30. The van der Waals surface area contributed by atoms with E-state index in [4.69, 9.17) is 4.74 Å². The molecule has 0 saturated heterocycles. The Balaban J connectivity index is 1.39. The Morgan fingerprint density at radius 3 is 2.15 bits per heavy atom. The second-order valence-corrected chi connectivity index (χ2v) is 7.94. The molecule has 1 amide bonds. The van der Waals surface area contributed by atoms with E-state index in [1.807, 2.05) is 61.5 Å². The van der Waals surface area contributed by atoms with E-state index in [2.05, 4.69) is 28.9 Å². The van der Waals surface area contributed by atoms with Crippen LogP contribution in [0.15, 0.2) is 77.6 Å². The number of para-hydroxylation sites is 2. The maximum absolute atomic E-state index is 12.7. The van der Waals surface area contributed by atoms with Gasteiger partial charge < -0.3 is 19.2 Å². The molecule has 0 unspecified atom stereocenters. The molecule has 2 aromatic heterocycles. The van der Waals surface area contributed by atoms with Crippen LogP contribution in [0.25, 0.3) is 32.7 Å². The van der Waals surface area contributed by atoms with Gasteiger partial charge >= 0.3 is 0 Å². The summed E-state index contributed by atoms with van der Waals surface area (Å²) >= 11 is 0. The highest BCUT2D eigenvalue weighted by atomic mass is 16.5. The minimum atomic E-state index is -0.280. The predicted octanol–water partition coefficient (Wildman–Crippen LogP) is 5.17. The summed E-state index contributed by atoms with van der Waals surface area (Å²) < 4.78 is 9.73. The molecule has 5 rings (SSSR count). The van der Waals surface area contributed by atoms with Crippen molar-refractivity contribution in [3.8, 4) is 5.75 Å². The first kappa shape index (κ1) is 20.8. The number of hydrogen-bond acceptors (Lipinski definition) is 3. The quantitative estimate of drug-likeness (QED) is 0.397. The topological polar surface area (TPSA) is 65.3 Å². The number of rotatable bonds is 6. The molecule has 0 aliphatic rings. The maximum Gasteiger partial charge on any atom is 0.262 e. The molecule has 166 valence electrons. The first-order chi connectivity index (χ1) is 16.1. The Morgan fingerprint density at radius 2 is 1.42 bits per heavy atom. The minimum absolute atomic E-state index is 0.149. The lowest BCUT2D eigenvalue weighted by Gasteiger charge is -2.13. The molecule has 3 aromatic carbocycles. The molecule has 5 aromatic rings. The first-order valence-corrected chi connectivity index (χ1v) is 11.2. The van der Waals surface area contributed by atoms with Gasteiger partial charge in [-0.05, 0) is 50.2 Å². The van der Waals surface area contributed by atoms with Crippen LogP contribution >= 0.6 is 0 Å². The molecule has 33 heavy (non-hydrogen) atoms. The van der Waals surface area contributed by atoms with Gasteiger partial charge in [0.2, 0.25) is 0 Å². The normalized spacial score (nSPS) is 11.3. The number of nitrogens with zero attached hydrogens (tertiary/aromatic N) is 2. The molecule has 1 N–H and O–H groups in total. The van der Waals surface area contributed by atoms with E-state index in [0.29, 0.717) is 18.0 Å². The summed E-state index contributed by atoms with van der Waals surface area (Å²) in [4.78, 5) is 25.1. The fourth-order valence-corrected chi connectivity index (χ4v) is 4.56. The molecule has 0 fully saturated rings. The van der Waals surface area contributed by atoms with Crippen LogP contribution in [-0.4, -0.2) is 21.6 Å². The molecule has 6 heteroatoms. The number of nitrogens with one attached hydrogen (secondary N) is 1. The lowest BCUT2D eigenvalue weighted by atomic mass is 10.1. The summed E-state index contributed by atoms with van der Waals surface area (Å²) in [5, 5.41) is 5.99. The van der Waals surface area contributed by atoms with Crippen LogP contribution < -0.4 is 15.6 Å². The molecular weight excluding hydrogens is 414 g/mol. The summed E-state index contributed by atoms with van der Waals surface area (Å²) in [6, 6.07) is 23.2. The van der Waals surface area contributed by atoms with E-state index >= 15 is 0 Å². The van der Waals surface area contributed by atoms with Crippen molar-refractivity contribution in [1.82, 2.24) is 9.13 Å². The molecule has 0 atom stereocenters. The number of hydrogen-bond donors (Lipinski definition) is 1. The number of pyridine rings is 1. The molecular formula is C27H25N3O3. The van der Waals surface area contributed by atoms with Crippen molar-refractivity contribution in [2.24, 2.45) is 0 Å². The lowest BCUT2D eigenvalue weighted by Crippen LogP contribution is -2.22. The van der Waals surface area contributed by atoms with Crippen LogP contribution in [0.1, 0.15) is 13.8 Å². The van der Waals surface area contributed by atoms with Crippen molar-refractivity contribution < 1.29 is 9.53 Å². The smallest absolute Gasteiger partial charge is 0.262 e. The summed E-state index contributed by atoms with van der Waals surface area (Å²) in [5.41, 5.74) is 3.66. The second kappa shape index (κ2) is 8.47. The molecule has 0 radical (unpaired) electrons. The minimum Gasteiger partial charge on any atom is -0.483 e. The van der Waals surface area contributed by atoms with Gasteiger partial charge in [0, 0.05) is 52.0 Å². The highest BCUT2D eigenvalue weighted by Gasteiger charge is 2.13. The van der Waals surface area contributed by atoms with Crippen molar-refractivity contribution >= 4 is 44.3 Å². The van der Waals surface area contributed by atoms with Gasteiger partial charge in [0.15, 0.2) is 6.61 Å². The molecule has 0 spiro atoms. The third-order valence-corrected chi connectivity index (χ3v) is 6.03. The summed E-state index contributed by atoms with van der Waals surface area (Å²) in [6.07, 6.45) is 0. The van der Waals surface area contributed by atoms with Gasteiger partial charge in [-0.2, -0.15) is 0 Å². The Bertz CT molecular complexity index is 1560. The van der Waals surface area contributed by atoms with Gasteiger partial charge in [-0.15, -0.1) is 0 Å². The molecule has 0 saturated carbocycles. The first-order valence-electron chi connectivity index (χ1n) is 11.2. The van der Waals surface area contributed by atoms with Crippen molar-refractivity contribution in [3.63, 3.8) is 0 Å². The van der Waals surface area contributed by atoms with Crippen molar-refractivity contribution in [1.29, 1.82) is 0 Å². The van der Waals surface area contributed by atoms with E-state index in [1.165, 1.54) is 11.6 Å². The van der Waals surface area contributed by atoms with Gasteiger partial charge in [-0.25, -0.2) is 0 Å². The maximum atomic E-state index is 12.7. The number of anilines is 1. The van der Waals surface area contributed by atoms with Gasteiger partial charge in [0.1, 0.15) is 5.75 Å². The Kier molecular flexibility index (Phi) is 5.34. The lowest BCUT2D eigenvalue weighted by molar-refractivity contribution is -0.118. The number of ether oxygens (including phenoxy) is 1. The van der Waals surface area contributed by atoms with Gasteiger partial charge in [-0.3, -0.25) is 9.59 Å². The summed E-state index contributed by atoms with van der Waals surface area (Å²) in [7, 11) is 0. The largest absolute Gasteiger partial charge is 0.483 e. The van der Waals surface area contributed by atoms with Crippen LogP contribution in [0.2, 0.25) is 0 Å². The van der Waals surface area contributed by atoms with Crippen LogP contribution in [0.3, 0.4) is 0 Å². The third-order valence-electron chi connectivity index (χ3n) is 6.03. The highest BCUT2D eigenvalue weighted by Crippen LogP contribution is 2.31. The monoisotopic (exact) mass is 439 g/mol. The average Bonchev–Trinajstić information content (AvgIpc) is 3.15. The standard InChI is InChI=1S/C27H25N3O3/c1-3-29-22-11-7-5-9-19(22)21-15-18(13-14-24(21)29)28-26(31)17-33-25-16-27(32)30(4-2)23-12-8-6-10-20(23)25/h5-16H,3-4,17H2,1-2H3,(H,28,31). The zero-order valence-corrected chi connectivity index (χ0v) is 18.7. The van der Waals surface area contributed by atoms with Crippen LogP contribution in [-0.2, 0) is 17.9 Å². The van der Waals surface area contributed by atoms with E-state index in [1.54, 1.807) is 4.57 Å². The van der Waals surface area contributed by atoms with Gasteiger partial charge in [0.05, 0.1) is 5.52 Å². The average molecular weight is 440 g/mol. The number of aromatic nitrogens is 2. The Morgan fingerprint density at radius 1 is 0.788 bits per heavy atom. The fraction of sp³-hybridized carbons (Fsp3) is 0.185. The van der Waals surface area contributed by atoms with Crippen LogP contribution in [0.5, 0.6) is 5.75 Å². The summed E-state index contributed by atoms with van der Waals surface area (Å²) in [5.74, 6) is 0.134. The van der Waals surface area contributed by atoms with Crippen LogP contribution in [0, 0.1) is 0 Å². The SMILES string of the molecule is CCn1c(=O)cc(OCC(=O)Nc2ccc3c(c2)c2ccccc2n3CC)c2ccccc21. The zero-order chi connectivity index (χ0) is 22.9. The number of fused-ring (bicyclic) bond motifs is 4. The molecule has 0 aliphatic carbocycles. The van der Waals surface area contributed by atoms with Crippen LogP contribution in [0.4, 0.5) is 5.69 Å². The number of carbonyl (C=O) groups excluding carboxylic acids is 1. The third kappa shape index (κ3) is 3.63. The number of amides is 1. The zero-order valence-electron chi connectivity index (χ0n) is 18.7. The van der Waals surface area contributed by atoms with Gasteiger partial charge in [-0.1, -0.05) is 30.3 Å². The van der Waals surface area contributed by atoms with E-state index in [9.17, 15) is 9.59 Å². The highest BCUT2D eigenvalue weighted by molar-refractivity contribution is 6.09. The second-order valence-electron chi connectivity index (χ2n) is 7.94. The molecule has 6 nitrogen and oxygen atoms in total. The Labute approximate surface area is 191 Å².